The number of nitrogens with one attached hydrogen (secondary N) is 1. The summed E-state index contributed by atoms with van der Waals surface area (Å²) in [6.45, 7) is 4.20. The zero-order valence-electron chi connectivity index (χ0n) is 20.0. The number of hydrogen-bond acceptors (Lipinski definition) is 6. The Balaban J connectivity index is 1.32. The number of hydrogen-bond donors (Lipinski definition) is 1. The molecular weight excluding hydrogens is 482 g/mol. The van der Waals surface area contributed by atoms with E-state index in [-0.39, 0.29) is 10.9 Å². The minimum atomic E-state index is -3.54. The fraction of sp³-hybridized carbons (Fsp3) is 0.462. The minimum Gasteiger partial charge on any atom is -0.367 e. The van der Waals surface area contributed by atoms with Crippen LogP contribution >= 0.6 is 11.6 Å². The molecule has 9 heteroatoms. The predicted molar refractivity (Wildman–Crippen MR) is 140 cm³/mol. The van der Waals surface area contributed by atoms with Crippen LogP contribution in [0.15, 0.2) is 53.4 Å². The van der Waals surface area contributed by atoms with Gasteiger partial charge in [0.15, 0.2) is 0 Å². The van der Waals surface area contributed by atoms with Crippen LogP contribution < -0.4 is 5.32 Å². The average molecular weight is 514 g/mol. The van der Waals surface area contributed by atoms with Gasteiger partial charge in [-0.15, -0.1) is 0 Å². The van der Waals surface area contributed by atoms with Crippen LogP contribution in [0.25, 0.3) is 10.9 Å². The van der Waals surface area contributed by atoms with Crippen LogP contribution in [0.4, 0.5) is 5.82 Å². The maximum atomic E-state index is 13.1. The second-order valence-electron chi connectivity index (χ2n) is 9.50. The van der Waals surface area contributed by atoms with E-state index in [1.165, 1.54) is 32.1 Å². The van der Waals surface area contributed by atoms with Crippen molar-refractivity contribution in [2.24, 2.45) is 0 Å². The van der Waals surface area contributed by atoms with E-state index in [9.17, 15) is 8.42 Å². The first-order valence-corrected chi connectivity index (χ1v) is 14.3. The minimum absolute atomic E-state index is 0.0214. The summed E-state index contributed by atoms with van der Waals surface area (Å²) in [5, 5.41) is 5.28. The van der Waals surface area contributed by atoms with E-state index in [4.69, 9.17) is 21.6 Å². The highest BCUT2D eigenvalue weighted by Crippen LogP contribution is 2.29. The van der Waals surface area contributed by atoms with E-state index in [0.29, 0.717) is 37.2 Å². The Morgan fingerprint density at radius 3 is 2.34 bits per heavy atom. The molecule has 5 rings (SSSR count). The predicted octanol–water partition coefficient (Wildman–Crippen LogP) is 5.10. The van der Waals surface area contributed by atoms with E-state index < -0.39 is 10.0 Å². The number of anilines is 1. The van der Waals surface area contributed by atoms with Crippen molar-refractivity contribution in [3.05, 3.63) is 59.4 Å². The molecule has 1 aromatic heterocycles. The van der Waals surface area contributed by atoms with Crippen molar-refractivity contribution in [3.63, 3.8) is 0 Å². The fourth-order valence-corrected chi connectivity index (χ4v) is 6.63. The lowest BCUT2D eigenvalue weighted by molar-refractivity contribution is 0.141. The molecule has 2 heterocycles. The molecule has 2 fully saturated rings. The monoisotopic (exact) mass is 513 g/mol. The van der Waals surface area contributed by atoms with Gasteiger partial charge in [0.1, 0.15) is 11.6 Å². The molecule has 3 aromatic rings. The largest absolute Gasteiger partial charge is 0.367 e. The number of nitrogens with zero attached hydrogens (tertiary/aromatic N) is 4. The quantitative estimate of drug-likeness (QED) is 0.494. The first-order chi connectivity index (χ1) is 16.9. The highest BCUT2D eigenvalue weighted by molar-refractivity contribution is 7.89. The maximum Gasteiger partial charge on any atom is 0.243 e. The molecule has 1 unspecified atom stereocenters. The van der Waals surface area contributed by atoms with Gasteiger partial charge >= 0.3 is 0 Å². The number of fused-ring (bicyclic) bond motifs is 1. The Kier molecular flexibility index (Phi) is 7.25. The van der Waals surface area contributed by atoms with E-state index in [1.807, 2.05) is 18.2 Å². The van der Waals surface area contributed by atoms with Crippen molar-refractivity contribution in [1.82, 2.24) is 19.2 Å². The Morgan fingerprint density at radius 2 is 1.63 bits per heavy atom. The number of aromatic nitrogens is 2. The number of piperazine rings is 1. The van der Waals surface area contributed by atoms with Crippen LogP contribution in [0.3, 0.4) is 0 Å². The van der Waals surface area contributed by atoms with Crippen LogP contribution in [-0.4, -0.2) is 59.8 Å². The van der Waals surface area contributed by atoms with E-state index in [0.717, 1.165) is 22.5 Å². The summed E-state index contributed by atoms with van der Waals surface area (Å²) in [6, 6.07) is 14.9. The van der Waals surface area contributed by atoms with E-state index in [1.54, 1.807) is 28.6 Å². The summed E-state index contributed by atoms with van der Waals surface area (Å²) >= 11 is 5.93. The van der Waals surface area contributed by atoms with Crippen LogP contribution in [0, 0.1) is 0 Å². The standard InChI is InChI=1S/C26H32ClN5O2S/c1-19(31-15-17-32(18-16-31)35(33,34)22-13-11-20(27)12-14-22)25-29-24-10-6-5-9-23(24)26(30-25)28-21-7-3-2-4-8-21/h5-6,9-14,19,21H,2-4,7-8,15-18H2,1H3,(H,28,29,30). The molecule has 186 valence electrons. The highest BCUT2D eigenvalue weighted by atomic mass is 35.5. The summed E-state index contributed by atoms with van der Waals surface area (Å²) in [5.41, 5.74) is 0.937. The van der Waals surface area contributed by atoms with Crippen molar-refractivity contribution < 1.29 is 8.42 Å². The molecule has 1 aliphatic carbocycles. The number of para-hydroxylation sites is 1. The van der Waals surface area contributed by atoms with Gasteiger partial charge in [0.05, 0.1) is 16.5 Å². The fourth-order valence-electron chi connectivity index (χ4n) is 5.08. The van der Waals surface area contributed by atoms with Crippen molar-refractivity contribution in [2.45, 2.75) is 56.0 Å². The summed E-state index contributed by atoms with van der Waals surface area (Å²) in [6.07, 6.45) is 6.17. The van der Waals surface area contributed by atoms with Gasteiger partial charge in [0, 0.05) is 42.6 Å². The van der Waals surface area contributed by atoms with Crippen molar-refractivity contribution in [3.8, 4) is 0 Å². The lowest BCUT2D eigenvalue weighted by Crippen LogP contribution is -2.49. The molecule has 2 aliphatic rings. The van der Waals surface area contributed by atoms with E-state index in [2.05, 4.69) is 23.2 Å². The number of halogens is 1. The zero-order valence-corrected chi connectivity index (χ0v) is 21.6. The van der Waals surface area contributed by atoms with Crippen molar-refractivity contribution in [1.29, 1.82) is 0 Å². The molecule has 1 saturated carbocycles. The number of rotatable bonds is 6. The molecule has 1 aliphatic heterocycles. The van der Waals surface area contributed by atoms with Gasteiger partial charge in [-0.25, -0.2) is 18.4 Å². The molecule has 7 nitrogen and oxygen atoms in total. The average Bonchev–Trinajstić information content (AvgIpc) is 2.89. The van der Waals surface area contributed by atoms with Gasteiger partial charge in [0.2, 0.25) is 10.0 Å². The summed E-state index contributed by atoms with van der Waals surface area (Å²) < 4.78 is 27.7. The van der Waals surface area contributed by atoms with Gasteiger partial charge in [0.25, 0.3) is 0 Å². The smallest absolute Gasteiger partial charge is 0.243 e. The Hall–Kier alpha value is -2.26. The maximum absolute atomic E-state index is 13.1. The lowest BCUT2D eigenvalue weighted by Gasteiger charge is -2.37. The highest BCUT2D eigenvalue weighted by Gasteiger charge is 2.31. The normalized spacial score (nSPS) is 19.6. The second-order valence-corrected chi connectivity index (χ2v) is 11.9. The second kappa shape index (κ2) is 10.4. The van der Waals surface area contributed by atoms with Crippen LogP contribution in [0.1, 0.15) is 50.9 Å². The molecule has 1 atom stereocenters. The van der Waals surface area contributed by atoms with Gasteiger partial charge in [-0.05, 0) is 56.2 Å². The lowest BCUT2D eigenvalue weighted by atomic mass is 9.95. The molecule has 0 radical (unpaired) electrons. The molecular formula is C26H32ClN5O2S. The Bertz CT molecular complexity index is 1270. The SMILES string of the molecule is CC(c1nc(NC2CCCCC2)c2ccccc2n1)N1CCN(S(=O)(=O)c2ccc(Cl)cc2)CC1. The number of sulfonamides is 1. The van der Waals surface area contributed by atoms with Crippen molar-refractivity contribution >= 4 is 38.3 Å². The Labute approximate surface area is 212 Å². The third kappa shape index (κ3) is 5.31. The van der Waals surface area contributed by atoms with E-state index >= 15 is 0 Å². The van der Waals surface area contributed by atoms with Crippen LogP contribution in [0.5, 0.6) is 0 Å². The van der Waals surface area contributed by atoms with Crippen LogP contribution in [-0.2, 0) is 10.0 Å². The van der Waals surface area contributed by atoms with Gasteiger partial charge in [-0.1, -0.05) is 43.0 Å². The summed E-state index contributed by atoms with van der Waals surface area (Å²) in [7, 11) is -3.54. The first kappa shape index (κ1) is 24.4. The molecule has 0 spiro atoms. The summed E-state index contributed by atoms with van der Waals surface area (Å²) in [5.74, 6) is 1.68. The third-order valence-electron chi connectivity index (χ3n) is 7.21. The molecule has 35 heavy (non-hydrogen) atoms. The zero-order chi connectivity index (χ0) is 24.4. The molecule has 2 aromatic carbocycles. The molecule has 0 bridgehead atoms. The molecule has 0 amide bonds. The topological polar surface area (TPSA) is 78.4 Å². The summed E-state index contributed by atoms with van der Waals surface area (Å²) in [4.78, 5) is 12.4. The third-order valence-corrected chi connectivity index (χ3v) is 9.38. The van der Waals surface area contributed by atoms with Crippen LogP contribution in [0.2, 0.25) is 5.02 Å². The van der Waals surface area contributed by atoms with Gasteiger partial charge in [-0.2, -0.15) is 4.31 Å². The Morgan fingerprint density at radius 1 is 0.943 bits per heavy atom. The first-order valence-electron chi connectivity index (χ1n) is 12.4. The number of benzene rings is 2. The van der Waals surface area contributed by atoms with Crippen molar-refractivity contribution in [2.75, 3.05) is 31.5 Å². The van der Waals surface area contributed by atoms with Gasteiger partial charge < -0.3 is 5.32 Å². The molecule has 1 saturated heterocycles. The molecule has 1 N–H and O–H groups in total. The van der Waals surface area contributed by atoms with Gasteiger partial charge in [-0.3, -0.25) is 4.90 Å².